The van der Waals surface area contributed by atoms with Crippen molar-refractivity contribution in [2.75, 3.05) is 54.1 Å². The number of rotatable bonds is 34. The third kappa shape index (κ3) is 27.3. The van der Waals surface area contributed by atoms with Crippen molar-refractivity contribution < 1.29 is 32.3 Å². The number of ether oxygens (including phenoxy) is 2. The first kappa shape index (κ1) is 43.0. The summed E-state index contributed by atoms with van der Waals surface area (Å²) in [5, 5.41) is 6.75. The lowest BCUT2D eigenvalue weighted by atomic mass is 10.0. The van der Waals surface area contributed by atoms with Gasteiger partial charge in [0.15, 0.2) is 0 Å². The zero-order chi connectivity index (χ0) is 32.6. The van der Waals surface area contributed by atoms with Crippen LogP contribution < -0.4 is 10.6 Å². The second-order valence-corrected chi connectivity index (χ2v) is 15.1. The molecular weight excluding hydrogens is 576 g/mol. The van der Waals surface area contributed by atoms with Gasteiger partial charge in [0, 0.05) is 40.3 Å². The minimum absolute atomic E-state index is 0.105. The van der Waals surface area contributed by atoms with Gasteiger partial charge in [0.2, 0.25) is 0 Å². The molecule has 0 aliphatic heterocycles. The number of hydrogen-bond acceptors (Lipinski definition) is 9. The molecule has 0 amide bonds. The van der Waals surface area contributed by atoms with Crippen molar-refractivity contribution >= 4 is 20.7 Å². The minimum atomic E-state index is -2.48. The van der Waals surface area contributed by atoms with Crippen molar-refractivity contribution in [1.82, 2.24) is 10.6 Å². The fourth-order valence-electron chi connectivity index (χ4n) is 5.17. The predicted octanol–water partition coefficient (Wildman–Crippen LogP) is 7.34. The topological polar surface area (TPSA) is 104 Å². The van der Waals surface area contributed by atoms with Gasteiger partial charge >= 0.3 is 20.7 Å². The summed E-state index contributed by atoms with van der Waals surface area (Å²) in [4.78, 5) is 24.1. The molecule has 0 aromatic rings. The molecule has 0 saturated carbocycles. The van der Waals surface area contributed by atoms with E-state index in [1.165, 1.54) is 83.5 Å². The van der Waals surface area contributed by atoms with Crippen LogP contribution in [0.15, 0.2) is 0 Å². The van der Waals surface area contributed by atoms with Gasteiger partial charge in [0.1, 0.15) is 12.7 Å². The van der Waals surface area contributed by atoms with E-state index >= 15 is 0 Å². The van der Waals surface area contributed by atoms with Crippen LogP contribution in [-0.2, 0) is 32.3 Å². The second kappa shape index (κ2) is 31.9. The van der Waals surface area contributed by atoms with E-state index in [4.69, 9.17) is 22.8 Å². The van der Waals surface area contributed by atoms with E-state index in [9.17, 15) is 9.59 Å². The summed E-state index contributed by atoms with van der Waals surface area (Å²) in [6, 6.07) is 0.777. The van der Waals surface area contributed by atoms with E-state index in [0.29, 0.717) is 19.4 Å². The SMILES string of the molecule is CCCCCCCCCCCCCCCCNCCC(=O)OC(C)COC(=O)CCCCCNCCC[Si](OC)(OC)OC. The quantitative estimate of drug-likeness (QED) is 0.0422. The van der Waals surface area contributed by atoms with Gasteiger partial charge in [0.25, 0.3) is 0 Å². The Morgan fingerprint density at radius 1 is 0.568 bits per heavy atom. The highest BCUT2D eigenvalue weighted by molar-refractivity contribution is 6.60. The molecule has 0 aromatic carbocycles. The van der Waals surface area contributed by atoms with Crippen molar-refractivity contribution in [3.63, 3.8) is 0 Å². The second-order valence-electron chi connectivity index (χ2n) is 12.0. The standard InChI is InChI=1S/C34H70N2O7Si/c1-6-7-8-9-10-11-12-13-14-15-16-17-18-21-27-36-29-25-34(38)43-32(2)31-42-33(37)24-20-19-22-26-35-28-23-30-44(39-3,40-4)41-5/h32,35-36H,6-31H2,1-5H3. The normalized spacial score (nSPS) is 12.4. The molecule has 0 fully saturated rings. The Kier molecular flexibility index (Phi) is 31.2. The Balaban J connectivity index is 3.48. The van der Waals surface area contributed by atoms with Crippen LogP contribution in [0.25, 0.3) is 0 Å². The number of nitrogens with one attached hydrogen (secondary N) is 2. The third-order valence-corrected chi connectivity index (χ3v) is 10.9. The summed E-state index contributed by atoms with van der Waals surface area (Å²) in [7, 11) is 2.41. The van der Waals surface area contributed by atoms with Crippen molar-refractivity contribution in [3.8, 4) is 0 Å². The van der Waals surface area contributed by atoms with Gasteiger partial charge in [-0.25, -0.2) is 0 Å². The predicted molar refractivity (Wildman–Crippen MR) is 182 cm³/mol. The van der Waals surface area contributed by atoms with Crippen LogP contribution in [0.1, 0.15) is 142 Å². The lowest BCUT2D eigenvalue weighted by Crippen LogP contribution is -2.43. The highest BCUT2D eigenvalue weighted by Crippen LogP contribution is 2.15. The van der Waals surface area contributed by atoms with Gasteiger partial charge in [0.05, 0.1) is 6.42 Å². The molecule has 262 valence electrons. The Hall–Kier alpha value is -1.04. The summed E-state index contributed by atoms with van der Waals surface area (Å²) >= 11 is 0. The summed E-state index contributed by atoms with van der Waals surface area (Å²) in [6.45, 7) is 7.47. The largest absolute Gasteiger partial charge is 0.500 e. The molecule has 0 aliphatic carbocycles. The molecule has 2 N–H and O–H groups in total. The van der Waals surface area contributed by atoms with Crippen molar-refractivity contribution in [1.29, 1.82) is 0 Å². The summed E-state index contributed by atoms with van der Waals surface area (Å²) < 4.78 is 26.9. The van der Waals surface area contributed by atoms with Gasteiger partial charge in [-0.2, -0.15) is 0 Å². The molecule has 0 spiro atoms. The molecule has 0 radical (unpaired) electrons. The van der Waals surface area contributed by atoms with E-state index in [-0.39, 0.29) is 18.5 Å². The van der Waals surface area contributed by atoms with Crippen LogP contribution in [0, 0.1) is 0 Å². The number of hydrogen-bond donors (Lipinski definition) is 2. The molecule has 9 nitrogen and oxygen atoms in total. The van der Waals surface area contributed by atoms with Crippen LogP contribution in [0.2, 0.25) is 6.04 Å². The fourth-order valence-corrected chi connectivity index (χ4v) is 6.89. The zero-order valence-corrected chi connectivity index (χ0v) is 30.3. The Morgan fingerprint density at radius 2 is 1.02 bits per heavy atom. The number of esters is 2. The van der Waals surface area contributed by atoms with Gasteiger partial charge in [-0.05, 0) is 52.2 Å². The molecule has 0 rings (SSSR count). The van der Waals surface area contributed by atoms with E-state index in [1.807, 2.05) is 0 Å². The first-order valence-electron chi connectivity index (χ1n) is 17.8. The van der Waals surface area contributed by atoms with Gasteiger partial charge in [-0.15, -0.1) is 0 Å². The van der Waals surface area contributed by atoms with Crippen LogP contribution in [0.3, 0.4) is 0 Å². The molecule has 1 unspecified atom stereocenters. The van der Waals surface area contributed by atoms with Gasteiger partial charge in [-0.1, -0.05) is 96.8 Å². The van der Waals surface area contributed by atoms with E-state index in [2.05, 4.69) is 17.6 Å². The van der Waals surface area contributed by atoms with Crippen LogP contribution >= 0.6 is 0 Å². The van der Waals surface area contributed by atoms with Crippen molar-refractivity contribution in [3.05, 3.63) is 0 Å². The maximum atomic E-state index is 12.1. The molecule has 10 heteroatoms. The Bertz CT molecular complexity index is 645. The van der Waals surface area contributed by atoms with E-state index < -0.39 is 14.9 Å². The van der Waals surface area contributed by atoms with Crippen LogP contribution in [0.5, 0.6) is 0 Å². The van der Waals surface area contributed by atoms with E-state index in [1.54, 1.807) is 28.3 Å². The average molecular weight is 647 g/mol. The molecule has 0 aliphatic rings. The zero-order valence-electron chi connectivity index (χ0n) is 29.3. The lowest BCUT2D eigenvalue weighted by molar-refractivity contribution is -0.158. The Morgan fingerprint density at radius 3 is 1.55 bits per heavy atom. The van der Waals surface area contributed by atoms with E-state index in [0.717, 1.165) is 57.8 Å². The van der Waals surface area contributed by atoms with Crippen molar-refractivity contribution in [2.24, 2.45) is 0 Å². The van der Waals surface area contributed by atoms with Crippen LogP contribution in [-0.4, -0.2) is 81.0 Å². The van der Waals surface area contributed by atoms with Crippen LogP contribution in [0.4, 0.5) is 0 Å². The first-order valence-corrected chi connectivity index (χ1v) is 19.8. The molecule has 0 saturated heterocycles. The molecular formula is C34H70N2O7Si. The number of unbranched alkanes of at least 4 members (excludes halogenated alkanes) is 15. The monoisotopic (exact) mass is 646 g/mol. The molecule has 0 bridgehead atoms. The fraction of sp³-hybridized carbons (Fsp3) is 0.941. The summed E-state index contributed by atoms with van der Waals surface area (Å²) in [5.41, 5.74) is 0. The lowest BCUT2D eigenvalue weighted by Gasteiger charge is -2.24. The summed E-state index contributed by atoms with van der Waals surface area (Å²) in [5.74, 6) is -0.495. The molecule has 44 heavy (non-hydrogen) atoms. The molecule has 0 heterocycles. The smallest absolute Gasteiger partial charge is 0.462 e. The maximum absolute atomic E-state index is 12.1. The van der Waals surface area contributed by atoms with Gasteiger partial charge in [-0.3, -0.25) is 9.59 Å². The first-order chi connectivity index (χ1) is 21.4. The van der Waals surface area contributed by atoms with Gasteiger partial charge < -0.3 is 33.4 Å². The highest BCUT2D eigenvalue weighted by atomic mass is 28.4. The highest BCUT2D eigenvalue weighted by Gasteiger charge is 2.36. The number of carbonyl (C=O) groups is 2. The van der Waals surface area contributed by atoms with Crippen molar-refractivity contribution in [2.45, 2.75) is 154 Å². The molecule has 1 atom stereocenters. The minimum Gasteiger partial charge on any atom is -0.462 e. The maximum Gasteiger partial charge on any atom is 0.500 e. The number of carbonyl (C=O) groups excluding carboxylic acids is 2. The summed E-state index contributed by atoms with van der Waals surface area (Å²) in [6.07, 6.45) is 22.9. The molecule has 0 aromatic heterocycles. The average Bonchev–Trinajstić information content (AvgIpc) is 3.02. The Labute approximate surface area is 272 Å². The third-order valence-electron chi connectivity index (χ3n) is 8.03.